The van der Waals surface area contributed by atoms with E-state index in [1.165, 1.54) is 0 Å². The molecule has 0 aliphatic rings. The van der Waals surface area contributed by atoms with Crippen LogP contribution >= 0.6 is 0 Å². The molecule has 3 nitrogen and oxygen atoms in total. The number of aliphatic hydroxyl groups excluding tert-OH is 1. The fourth-order valence-corrected chi connectivity index (χ4v) is 0.519. The minimum absolute atomic E-state index is 0.577. The molecule has 0 saturated carbocycles. The summed E-state index contributed by atoms with van der Waals surface area (Å²) in [6.07, 6.45) is 3.50. The molecule has 1 aromatic heterocycles. The molecular formula is C7H12N2O. The van der Waals surface area contributed by atoms with E-state index < -0.39 is 0 Å². The van der Waals surface area contributed by atoms with E-state index in [9.17, 15) is 0 Å². The highest BCUT2D eigenvalue weighted by molar-refractivity contribution is 5.06. The zero-order chi connectivity index (χ0) is 7.82. The van der Waals surface area contributed by atoms with E-state index >= 15 is 0 Å². The van der Waals surface area contributed by atoms with Crippen molar-refractivity contribution in [3.8, 4) is 0 Å². The summed E-state index contributed by atoms with van der Waals surface area (Å²) in [5.74, 6) is 0. The van der Waals surface area contributed by atoms with Gasteiger partial charge in [-0.2, -0.15) is 0 Å². The van der Waals surface area contributed by atoms with Crippen LogP contribution in [-0.2, 0) is 6.54 Å². The normalized spacial score (nSPS) is 7.90. The average molecular weight is 140 g/mol. The molecular weight excluding hydrogens is 128 g/mol. The first-order chi connectivity index (χ1) is 4.93. The summed E-state index contributed by atoms with van der Waals surface area (Å²) in [5, 5.41) is 7.00. The predicted octanol–water partition coefficient (Wildman–Crippen LogP) is 0.149. The largest absolute Gasteiger partial charge is 0.400 e. The monoisotopic (exact) mass is 140 g/mol. The molecule has 0 fully saturated rings. The van der Waals surface area contributed by atoms with E-state index in [0.717, 1.165) is 12.7 Å². The molecule has 0 amide bonds. The Bertz CT molecular complexity index is 153. The smallest absolute Gasteiger partial charge is 0.0319 e. The van der Waals surface area contributed by atoms with Gasteiger partial charge in [0.05, 0.1) is 0 Å². The van der Waals surface area contributed by atoms with Crippen LogP contribution in [0.1, 0.15) is 5.56 Å². The number of hydrogen-bond acceptors (Lipinski definition) is 3. The summed E-state index contributed by atoms with van der Waals surface area (Å²) in [6, 6.07) is 3.83. The predicted molar refractivity (Wildman–Crippen MR) is 40.3 cm³/mol. The summed E-state index contributed by atoms with van der Waals surface area (Å²) in [4.78, 5) is 3.88. The minimum Gasteiger partial charge on any atom is -0.400 e. The Kier molecular flexibility index (Phi) is 5.62. The first kappa shape index (κ1) is 9.07. The van der Waals surface area contributed by atoms with E-state index in [4.69, 9.17) is 10.8 Å². The summed E-state index contributed by atoms with van der Waals surface area (Å²) >= 11 is 0. The van der Waals surface area contributed by atoms with Crippen molar-refractivity contribution >= 4 is 0 Å². The molecule has 1 rings (SSSR count). The summed E-state index contributed by atoms with van der Waals surface area (Å²) in [6.45, 7) is 0.577. The SMILES string of the molecule is CO.NCc1cccnc1. The van der Waals surface area contributed by atoms with Gasteiger partial charge >= 0.3 is 0 Å². The molecule has 0 aliphatic carbocycles. The number of nitrogens with zero attached hydrogens (tertiary/aromatic N) is 1. The maximum Gasteiger partial charge on any atom is 0.0319 e. The summed E-state index contributed by atoms with van der Waals surface area (Å²) in [5.41, 5.74) is 6.39. The molecule has 10 heavy (non-hydrogen) atoms. The molecule has 3 heteroatoms. The second kappa shape index (κ2) is 6.19. The third-order valence-corrected chi connectivity index (χ3v) is 0.958. The molecule has 0 atom stereocenters. The van der Waals surface area contributed by atoms with Gasteiger partial charge in [-0.25, -0.2) is 0 Å². The second-order valence-electron chi connectivity index (χ2n) is 1.57. The first-order valence-electron chi connectivity index (χ1n) is 2.97. The van der Waals surface area contributed by atoms with Gasteiger partial charge in [0.15, 0.2) is 0 Å². The third-order valence-electron chi connectivity index (χ3n) is 0.958. The molecule has 0 unspecified atom stereocenters. The second-order valence-corrected chi connectivity index (χ2v) is 1.57. The highest BCUT2D eigenvalue weighted by Gasteiger charge is 1.81. The van der Waals surface area contributed by atoms with Crippen LogP contribution in [0, 0.1) is 0 Å². The molecule has 0 aliphatic heterocycles. The Morgan fingerprint density at radius 1 is 1.60 bits per heavy atom. The Morgan fingerprint density at radius 3 is 2.60 bits per heavy atom. The van der Waals surface area contributed by atoms with Crippen LogP contribution in [0.15, 0.2) is 24.5 Å². The number of rotatable bonds is 1. The lowest BCUT2D eigenvalue weighted by Crippen LogP contribution is -1.95. The molecule has 0 radical (unpaired) electrons. The van der Waals surface area contributed by atoms with Gasteiger partial charge in [0.25, 0.3) is 0 Å². The summed E-state index contributed by atoms with van der Waals surface area (Å²) < 4.78 is 0. The molecule has 0 bridgehead atoms. The van der Waals surface area contributed by atoms with Crippen LogP contribution in [0.5, 0.6) is 0 Å². The first-order valence-corrected chi connectivity index (χ1v) is 2.97. The van der Waals surface area contributed by atoms with Crippen molar-refractivity contribution in [1.82, 2.24) is 4.98 Å². The summed E-state index contributed by atoms with van der Waals surface area (Å²) in [7, 11) is 1.00. The van der Waals surface area contributed by atoms with E-state index in [0.29, 0.717) is 6.54 Å². The number of aliphatic hydroxyl groups is 1. The standard InChI is InChI=1S/C6H8N2.CH4O/c7-4-6-2-1-3-8-5-6;1-2/h1-3,5H,4,7H2;2H,1H3. The van der Waals surface area contributed by atoms with Crippen LogP contribution in [0.2, 0.25) is 0 Å². The van der Waals surface area contributed by atoms with E-state index in [2.05, 4.69) is 4.98 Å². The van der Waals surface area contributed by atoms with E-state index in [1.807, 2.05) is 12.1 Å². The fraction of sp³-hybridized carbons (Fsp3) is 0.286. The van der Waals surface area contributed by atoms with Crippen LogP contribution < -0.4 is 5.73 Å². The Hall–Kier alpha value is -0.930. The van der Waals surface area contributed by atoms with Gasteiger partial charge < -0.3 is 10.8 Å². The zero-order valence-corrected chi connectivity index (χ0v) is 5.99. The maximum atomic E-state index is 7.00. The van der Waals surface area contributed by atoms with Crippen molar-refractivity contribution < 1.29 is 5.11 Å². The van der Waals surface area contributed by atoms with E-state index in [1.54, 1.807) is 12.4 Å². The third kappa shape index (κ3) is 3.17. The van der Waals surface area contributed by atoms with Gasteiger partial charge in [-0.3, -0.25) is 4.98 Å². The number of pyridine rings is 1. The lowest BCUT2D eigenvalue weighted by Gasteiger charge is -1.89. The number of nitrogens with two attached hydrogens (primary N) is 1. The number of hydrogen-bond donors (Lipinski definition) is 2. The molecule has 1 heterocycles. The van der Waals surface area contributed by atoms with Gasteiger partial charge in [0.2, 0.25) is 0 Å². The van der Waals surface area contributed by atoms with Crippen LogP contribution in [0.3, 0.4) is 0 Å². The average Bonchev–Trinajstić information content (AvgIpc) is 2.10. The lowest BCUT2D eigenvalue weighted by molar-refractivity contribution is 0.399. The van der Waals surface area contributed by atoms with Gasteiger partial charge in [0, 0.05) is 26.0 Å². The van der Waals surface area contributed by atoms with Crippen molar-refractivity contribution in [3.05, 3.63) is 30.1 Å². The van der Waals surface area contributed by atoms with Crippen molar-refractivity contribution in [1.29, 1.82) is 0 Å². The molecule has 0 aromatic carbocycles. The van der Waals surface area contributed by atoms with Crippen molar-refractivity contribution in [2.75, 3.05) is 7.11 Å². The molecule has 0 saturated heterocycles. The van der Waals surface area contributed by atoms with Gasteiger partial charge in [-0.15, -0.1) is 0 Å². The van der Waals surface area contributed by atoms with Gasteiger partial charge in [0.1, 0.15) is 0 Å². The zero-order valence-electron chi connectivity index (χ0n) is 5.99. The molecule has 0 spiro atoms. The van der Waals surface area contributed by atoms with Crippen molar-refractivity contribution in [2.24, 2.45) is 5.73 Å². The van der Waals surface area contributed by atoms with Gasteiger partial charge in [-0.1, -0.05) is 6.07 Å². The van der Waals surface area contributed by atoms with Crippen LogP contribution in [-0.4, -0.2) is 17.2 Å². The highest BCUT2D eigenvalue weighted by atomic mass is 16.2. The van der Waals surface area contributed by atoms with Crippen molar-refractivity contribution in [2.45, 2.75) is 6.54 Å². The lowest BCUT2D eigenvalue weighted by atomic mass is 10.3. The number of aromatic nitrogens is 1. The highest BCUT2D eigenvalue weighted by Crippen LogP contribution is 1.90. The molecule has 56 valence electrons. The quantitative estimate of drug-likeness (QED) is 0.583. The van der Waals surface area contributed by atoms with E-state index in [-0.39, 0.29) is 0 Å². The Balaban J connectivity index is 0.000000371. The van der Waals surface area contributed by atoms with Crippen molar-refractivity contribution in [3.63, 3.8) is 0 Å². The van der Waals surface area contributed by atoms with Crippen LogP contribution in [0.4, 0.5) is 0 Å². The topological polar surface area (TPSA) is 59.1 Å². The maximum absolute atomic E-state index is 7.00. The van der Waals surface area contributed by atoms with Crippen LogP contribution in [0.25, 0.3) is 0 Å². The molecule has 3 N–H and O–H groups in total. The van der Waals surface area contributed by atoms with Gasteiger partial charge in [-0.05, 0) is 11.6 Å². The Labute approximate surface area is 60.5 Å². The fourth-order valence-electron chi connectivity index (χ4n) is 0.519. The molecule has 1 aromatic rings. The minimum atomic E-state index is 0.577. The Morgan fingerprint density at radius 2 is 2.30 bits per heavy atom.